The van der Waals surface area contributed by atoms with Crippen molar-refractivity contribution in [1.82, 2.24) is 10.3 Å². The Labute approximate surface area is 135 Å². The Balaban J connectivity index is 1.94. The number of carbonyl (C=O) groups is 1. The fraction of sp³-hybridized carbons (Fsp3) is 0.0588. The summed E-state index contributed by atoms with van der Waals surface area (Å²) in [6.45, 7) is 0. The second-order valence-electron chi connectivity index (χ2n) is 4.89. The number of hydrogen-bond donors (Lipinski definition) is 2. The van der Waals surface area contributed by atoms with Crippen molar-refractivity contribution >= 4 is 17.2 Å². The van der Waals surface area contributed by atoms with Gasteiger partial charge in [0.2, 0.25) is 0 Å². The van der Waals surface area contributed by atoms with Gasteiger partial charge in [0.1, 0.15) is 11.4 Å². The van der Waals surface area contributed by atoms with Gasteiger partial charge in [0.15, 0.2) is 0 Å². The van der Waals surface area contributed by atoms with Gasteiger partial charge in [-0.3, -0.25) is 9.59 Å². The first-order valence-electron chi connectivity index (χ1n) is 6.92. The summed E-state index contributed by atoms with van der Waals surface area (Å²) < 4.78 is 13.1. The van der Waals surface area contributed by atoms with E-state index in [2.05, 4.69) is 10.3 Å². The first-order chi connectivity index (χ1) is 11.1. The molecule has 1 aromatic carbocycles. The van der Waals surface area contributed by atoms with Crippen molar-refractivity contribution < 1.29 is 9.18 Å². The summed E-state index contributed by atoms with van der Waals surface area (Å²) in [7, 11) is 0. The van der Waals surface area contributed by atoms with Crippen molar-refractivity contribution in [2.45, 2.75) is 6.04 Å². The number of carbonyl (C=O) groups excluding carboxylic acids is 1. The van der Waals surface area contributed by atoms with Crippen molar-refractivity contribution in [3.63, 3.8) is 0 Å². The predicted octanol–water partition coefficient (Wildman–Crippen LogP) is 3.09. The standard InChI is InChI=1S/C17H13FN2O2S/c18-12-7-5-11(6-8-12)15(14-4-2-10-23-14)20-17(22)13-3-1-9-19-16(13)21/h1-10,15H,(H,19,21)(H,20,22)/t15-/m0/s1. The number of amides is 1. The Morgan fingerprint density at radius 2 is 1.91 bits per heavy atom. The number of halogens is 1. The molecule has 3 rings (SSSR count). The first kappa shape index (κ1) is 15.2. The SMILES string of the molecule is O=C(N[C@@H](c1ccc(F)cc1)c1cccs1)c1ccc[nH]c1=O. The third kappa shape index (κ3) is 3.37. The van der Waals surface area contributed by atoms with Crippen LogP contribution in [-0.4, -0.2) is 10.9 Å². The molecule has 116 valence electrons. The molecule has 3 aromatic rings. The number of nitrogens with one attached hydrogen (secondary N) is 2. The Kier molecular flexibility index (Phi) is 4.34. The number of H-pyrrole nitrogens is 1. The summed E-state index contributed by atoms with van der Waals surface area (Å²) in [5.41, 5.74) is 0.333. The Morgan fingerprint density at radius 3 is 2.57 bits per heavy atom. The summed E-state index contributed by atoms with van der Waals surface area (Å²) in [5.74, 6) is -0.820. The molecule has 0 spiro atoms. The molecular weight excluding hydrogens is 315 g/mol. The molecule has 1 amide bonds. The zero-order valence-electron chi connectivity index (χ0n) is 12.0. The van der Waals surface area contributed by atoms with Crippen LogP contribution in [0.25, 0.3) is 0 Å². The van der Waals surface area contributed by atoms with Gasteiger partial charge in [-0.1, -0.05) is 18.2 Å². The van der Waals surface area contributed by atoms with Crippen LogP contribution >= 0.6 is 11.3 Å². The molecule has 0 saturated carbocycles. The van der Waals surface area contributed by atoms with Crippen LogP contribution in [0.2, 0.25) is 0 Å². The second kappa shape index (κ2) is 6.58. The van der Waals surface area contributed by atoms with Crippen molar-refractivity contribution in [2.24, 2.45) is 0 Å². The lowest BCUT2D eigenvalue weighted by Gasteiger charge is -2.18. The molecule has 1 atom stereocenters. The Morgan fingerprint density at radius 1 is 1.13 bits per heavy atom. The summed E-state index contributed by atoms with van der Waals surface area (Å²) in [6.07, 6.45) is 1.47. The molecule has 2 aromatic heterocycles. The largest absolute Gasteiger partial charge is 0.340 e. The van der Waals surface area contributed by atoms with E-state index in [9.17, 15) is 14.0 Å². The topological polar surface area (TPSA) is 62.0 Å². The lowest BCUT2D eigenvalue weighted by molar-refractivity contribution is 0.0942. The normalized spacial score (nSPS) is 11.9. The second-order valence-corrected chi connectivity index (χ2v) is 5.87. The zero-order chi connectivity index (χ0) is 16.2. The summed E-state index contributed by atoms with van der Waals surface area (Å²) in [5, 5.41) is 4.74. The lowest BCUT2D eigenvalue weighted by Crippen LogP contribution is -2.32. The van der Waals surface area contributed by atoms with E-state index in [1.807, 2.05) is 17.5 Å². The number of benzene rings is 1. The molecule has 0 aliphatic heterocycles. The predicted molar refractivity (Wildman–Crippen MR) is 87.1 cm³/mol. The maximum atomic E-state index is 13.1. The van der Waals surface area contributed by atoms with Gasteiger partial charge < -0.3 is 10.3 Å². The molecule has 0 radical (unpaired) electrons. The van der Waals surface area contributed by atoms with Gasteiger partial charge in [0.25, 0.3) is 11.5 Å². The highest BCUT2D eigenvalue weighted by molar-refractivity contribution is 7.10. The van der Waals surface area contributed by atoms with Gasteiger partial charge in [-0.25, -0.2) is 4.39 Å². The van der Waals surface area contributed by atoms with Gasteiger partial charge in [0, 0.05) is 11.1 Å². The average molecular weight is 328 g/mol. The van der Waals surface area contributed by atoms with E-state index < -0.39 is 17.5 Å². The Bertz CT molecular complexity index is 857. The molecule has 2 heterocycles. The number of hydrogen-bond acceptors (Lipinski definition) is 3. The van der Waals surface area contributed by atoms with Crippen LogP contribution in [0.5, 0.6) is 0 Å². The van der Waals surface area contributed by atoms with Crippen LogP contribution in [0, 0.1) is 5.82 Å². The zero-order valence-corrected chi connectivity index (χ0v) is 12.8. The minimum absolute atomic E-state index is 0.0381. The summed E-state index contributed by atoms with van der Waals surface area (Å²) in [4.78, 5) is 27.5. The fourth-order valence-electron chi connectivity index (χ4n) is 2.24. The molecular formula is C17H13FN2O2S. The highest BCUT2D eigenvalue weighted by atomic mass is 32.1. The molecule has 0 aliphatic carbocycles. The van der Waals surface area contributed by atoms with Gasteiger partial charge in [-0.15, -0.1) is 11.3 Å². The van der Waals surface area contributed by atoms with Gasteiger partial charge in [0.05, 0.1) is 6.04 Å². The molecule has 6 heteroatoms. The van der Waals surface area contributed by atoms with E-state index in [-0.39, 0.29) is 11.4 Å². The summed E-state index contributed by atoms with van der Waals surface area (Å²) in [6, 6.07) is 12.3. The molecule has 0 bridgehead atoms. The summed E-state index contributed by atoms with van der Waals surface area (Å²) >= 11 is 1.48. The van der Waals surface area contributed by atoms with Gasteiger partial charge in [-0.05, 0) is 41.3 Å². The minimum atomic E-state index is -0.477. The van der Waals surface area contributed by atoms with Crippen molar-refractivity contribution in [3.05, 3.63) is 92.3 Å². The van der Waals surface area contributed by atoms with E-state index in [4.69, 9.17) is 0 Å². The van der Waals surface area contributed by atoms with Crippen LogP contribution in [-0.2, 0) is 0 Å². The van der Waals surface area contributed by atoms with E-state index >= 15 is 0 Å². The van der Waals surface area contributed by atoms with Gasteiger partial charge >= 0.3 is 0 Å². The van der Waals surface area contributed by atoms with E-state index in [0.717, 1.165) is 10.4 Å². The quantitative estimate of drug-likeness (QED) is 0.773. The van der Waals surface area contributed by atoms with Crippen molar-refractivity contribution in [3.8, 4) is 0 Å². The van der Waals surface area contributed by atoms with E-state index in [1.165, 1.54) is 35.7 Å². The number of thiophene rings is 1. The number of pyridine rings is 1. The van der Waals surface area contributed by atoms with E-state index in [0.29, 0.717) is 0 Å². The average Bonchev–Trinajstić information content (AvgIpc) is 3.08. The van der Waals surface area contributed by atoms with Crippen molar-refractivity contribution in [2.75, 3.05) is 0 Å². The maximum Gasteiger partial charge on any atom is 0.260 e. The lowest BCUT2D eigenvalue weighted by atomic mass is 10.0. The van der Waals surface area contributed by atoms with Crippen molar-refractivity contribution in [1.29, 1.82) is 0 Å². The van der Waals surface area contributed by atoms with Crippen LogP contribution in [0.3, 0.4) is 0 Å². The number of aromatic amines is 1. The highest BCUT2D eigenvalue weighted by Crippen LogP contribution is 2.26. The third-order valence-electron chi connectivity index (χ3n) is 3.37. The number of aromatic nitrogens is 1. The fourth-order valence-corrected chi connectivity index (χ4v) is 3.04. The number of rotatable bonds is 4. The van der Waals surface area contributed by atoms with E-state index in [1.54, 1.807) is 18.2 Å². The van der Waals surface area contributed by atoms with Crippen LogP contribution < -0.4 is 10.9 Å². The molecule has 0 unspecified atom stereocenters. The van der Waals surface area contributed by atoms with Crippen LogP contribution in [0.4, 0.5) is 4.39 Å². The van der Waals surface area contributed by atoms with Crippen LogP contribution in [0.1, 0.15) is 26.8 Å². The minimum Gasteiger partial charge on any atom is -0.340 e. The Hall–Kier alpha value is -2.73. The molecule has 0 saturated heterocycles. The third-order valence-corrected chi connectivity index (χ3v) is 4.31. The highest BCUT2D eigenvalue weighted by Gasteiger charge is 2.20. The van der Waals surface area contributed by atoms with Crippen LogP contribution in [0.15, 0.2) is 64.9 Å². The molecule has 2 N–H and O–H groups in total. The van der Waals surface area contributed by atoms with Gasteiger partial charge in [-0.2, -0.15) is 0 Å². The maximum absolute atomic E-state index is 13.1. The molecule has 23 heavy (non-hydrogen) atoms. The smallest absolute Gasteiger partial charge is 0.260 e. The monoisotopic (exact) mass is 328 g/mol. The molecule has 0 aliphatic rings. The molecule has 0 fully saturated rings. The molecule has 4 nitrogen and oxygen atoms in total. The first-order valence-corrected chi connectivity index (χ1v) is 7.80.